The minimum Gasteiger partial charge on any atom is -0.268 e. The molecule has 0 amide bonds. The maximum absolute atomic E-state index is 5.80. The molecule has 0 atom stereocenters. The standard InChI is InChI=1S/C15H14ClN3S/c1-11-5-6-19(18-11)9-12-3-2-4-13(7-12)15-17-14(8-16)10-20-15/h2-7,10H,8-9H2,1H3. The Balaban J connectivity index is 1.85. The van der Waals surface area contributed by atoms with Crippen LogP contribution in [0.4, 0.5) is 0 Å². The molecule has 0 saturated heterocycles. The Kier molecular flexibility index (Phi) is 3.85. The van der Waals surface area contributed by atoms with Crippen LogP contribution in [0.15, 0.2) is 41.9 Å². The van der Waals surface area contributed by atoms with Crippen molar-refractivity contribution in [1.29, 1.82) is 0 Å². The van der Waals surface area contributed by atoms with E-state index in [4.69, 9.17) is 11.6 Å². The molecule has 0 radical (unpaired) electrons. The lowest BCUT2D eigenvalue weighted by Crippen LogP contribution is -2.00. The van der Waals surface area contributed by atoms with Gasteiger partial charge in [0, 0.05) is 17.1 Å². The van der Waals surface area contributed by atoms with Crippen LogP contribution >= 0.6 is 22.9 Å². The van der Waals surface area contributed by atoms with Crippen molar-refractivity contribution >= 4 is 22.9 Å². The summed E-state index contributed by atoms with van der Waals surface area (Å²) in [7, 11) is 0. The van der Waals surface area contributed by atoms with Crippen molar-refractivity contribution < 1.29 is 0 Å². The minimum absolute atomic E-state index is 0.461. The summed E-state index contributed by atoms with van der Waals surface area (Å²) >= 11 is 7.43. The minimum atomic E-state index is 0.461. The fourth-order valence-corrected chi connectivity index (χ4v) is 3.09. The van der Waals surface area contributed by atoms with Crippen LogP contribution < -0.4 is 0 Å². The summed E-state index contributed by atoms with van der Waals surface area (Å²) in [6.45, 7) is 2.77. The second-order valence-electron chi connectivity index (χ2n) is 4.63. The molecule has 0 aliphatic heterocycles. The summed E-state index contributed by atoms with van der Waals surface area (Å²) in [5, 5.41) is 7.43. The van der Waals surface area contributed by atoms with Crippen molar-refractivity contribution in [2.45, 2.75) is 19.3 Å². The second kappa shape index (κ2) is 5.77. The van der Waals surface area contributed by atoms with Crippen molar-refractivity contribution in [3.8, 4) is 10.6 Å². The first-order valence-electron chi connectivity index (χ1n) is 6.34. The molecule has 0 saturated carbocycles. The Bertz CT molecular complexity index is 717. The zero-order valence-electron chi connectivity index (χ0n) is 11.1. The molecular formula is C15H14ClN3S. The van der Waals surface area contributed by atoms with E-state index in [-0.39, 0.29) is 0 Å². The molecule has 3 aromatic rings. The molecule has 3 nitrogen and oxygen atoms in total. The van der Waals surface area contributed by atoms with E-state index in [0.29, 0.717) is 5.88 Å². The molecule has 0 unspecified atom stereocenters. The number of nitrogens with zero attached hydrogens (tertiary/aromatic N) is 3. The van der Waals surface area contributed by atoms with E-state index in [0.717, 1.165) is 28.5 Å². The van der Waals surface area contributed by atoms with Gasteiger partial charge in [-0.05, 0) is 24.6 Å². The third-order valence-corrected chi connectivity index (χ3v) is 4.20. The summed E-state index contributed by atoms with van der Waals surface area (Å²) in [6, 6.07) is 10.4. The number of alkyl halides is 1. The highest BCUT2D eigenvalue weighted by Crippen LogP contribution is 2.25. The highest BCUT2D eigenvalue weighted by atomic mass is 35.5. The summed E-state index contributed by atoms with van der Waals surface area (Å²) < 4.78 is 1.94. The fourth-order valence-electron chi connectivity index (χ4n) is 2.04. The van der Waals surface area contributed by atoms with E-state index < -0.39 is 0 Å². The topological polar surface area (TPSA) is 30.7 Å². The quantitative estimate of drug-likeness (QED) is 0.679. The van der Waals surface area contributed by atoms with E-state index in [1.54, 1.807) is 11.3 Å². The fraction of sp³-hybridized carbons (Fsp3) is 0.200. The second-order valence-corrected chi connectivity index (χ2v) is 5.76. The highest BCUT2D eigenvalue weighted by Gasteiger charge is 2.05. The lowest BCUT2D eigenvalue weighted by atomic mass is 10.1. The molecule has 102 valence electrons. The molecule has 3 rings (SSSR count). The first kappa shape index (κ1) is 13.3. The van der Waals surface area contributed by atoms with Crippen LogP contribution in [0.25, 0.3) is 10.6 Å². The van der Waals surface area contributed by atoms with Gasteiger partial charge in [0.25, 0.3) is 0 Å². The van der Waals surface area contributed by atoms with Crippen LogP contribution in [-0.4, -0.2) is 14.8 Å². The molecule has 1 aromatic carbocycles. The van der Waals surface area contributed by atoms with Crippen LogP contribution in [0.3, 0.4) is 0 Å². The highest BCUT2D eigenvalue weighted by molar-refractivity contribution is 7.13. The van der Waals surface area contributed by atoms with E-state index in [1.165, 1.54) is 5.56 Å². The Morgan fingerprint density at radius 1 is 1.30 bits per heavy atom. The van der Waals surface area contributed by atoms with E-state index in [9.17, 15) is 0 Å². The van der Waals surface area contributed by atoms with Gasteiger partial charge in [0.2, 0.25) is 0 Å². The van der Waals surface area contributed by atoms with Crippen LogP contribution in [0.1, 0.15) is 17.0 Å². The Labute approximate surface area is 126 Å². The monoisotopic (exact) mass is 303 g/mol. The Hall–Kier alpha value is -1.65. The van der Waals surface area contributed by atoms with E-state index in [2.05, 4.69) is 34.3 Å². The Morgan fingerprint density at radius 2 is 2.20 bits per heavy atom. The van der Waals surface area contributed by atoms with Gasteiger partial charge in [0.1, 0.15) is 5.01 Å². The van der Waals surface area contributed by atoms with Crippen LogP contribution in [0.5, 0.6) is 0 Å². The normalized spacial score (nSPS) is 10.9. The predicted molar refractivity (Wildman–Crippen MR) is 83.2 cm³/mol. The number of hydrogen-bond acceptors (Lipinski definition) is 3. The van der Waals surface area contributed by atoms with Gasteiger partial charge in [-0.1, -0.05) is 18.2 Å². The van der Waals surface area contributed by atoms with Crippen LogP contribution in [-0.2, 0) is 12.4 Å². The van der Waals surface area contributed by atoms with Gasteiger partial charge < -0.3 is 0 Å². The molecule has 20 heavy (non-hydrogen) atoms. The first-order chi connectivity index (χ1) is 9.74. The molecule has 0 aliphatic carbocycles. The number of rotatable bonds is 4. The number of benzene rings is 1. The number of hydrogen-bond donors (Lipinski definition) is 0. The molecule has 0 spiro atoms. The van der Waals surface area contributed by atoms with Crippen molar-refractivity contribution in [2.75, 3.05) is 0 Å². The van der Waals surface area contributed by atoms with E-state index in [1.807, 2.05) is 29.2 Å². The number of aryl methyl sites for hydroxylation is 1. The lowest BCUT2D eigenvalue weighted by Gasteiger charge is -2.04. The van der Waals surface area contributed by atoms with Crippen LogP contribution in [0.2, 0.25) is 0 Å². The zero-order valence-corrected chi connectivity index (χ0v) is 12.7. The summed E-state index contributed by atoms with van der Waals surface area (Å²) in [5.41, 5.74) is 4.31. The third-order valence-electron chi connectivity index (χ3n) is 2.98. The first-order valence-corrected chi connectivity index (χ1v) is 7.76. The van der Waals surface area contributed by atoms with Crippen molar-refractivity contribution in [3.05, 3.63) is 58.9 Å². The Morgan fingerprint density at radius 3 is 2.90 bits per heavy atom. The maximum Gasteiger partial charge on any atom is 0.123 e. The van der Waals surface area contributed by atoms with Gasteiger partial charge >= 0.3 is 0 Å². The largest absolute Gasteiger partial charge is 0.268 e. The van der Waals surface area contributed by atoms with Crippen molar-refractivity contribution in [3.63, 3.8) is 0 Å². The average Bonchev–Trinajstić information content (AvgIpc) is 3.08. The molecule has 0 fully saturated rings. The average molecular weight is 304 g/mol. The van der Waals surface area contributed by atoms with Gasteiger partial charge in [-0.15, -0.1) is 22.9 Å². The predicted octanol–water partition coefficient (Wildman–Crippen LogP) is 4.10. The van der Waals surface area contributed by atoms with E-state index >= 15 is 0 Å². The molecule has 2 heterocycles. The van der Waals surface area contributed by atoms with Gasteiger partial charge in [0.15, 0.2) is 0 Å². The number of halogens is 1. The number of aromatic nitrogens is 3. The third kappa shape index (κ3) is 2.92. The van der Waals surface area contributed by atoms with Gasteiger partial charge in [-0.2, -0.15) is 5.10 Å². The lowest BCUT2D eigenvalue weighted by molar-refractivity contribution is 0.679. The van der Waals surface area contributed by atoms with Crippen LogP contribution in [0, 0.1) is 6.92 Å². The summed E-state index contributed by atoms with van der Waals surface area (Å²) in [4.78, 5) is 4.52. The smallest absolute Gasteiger partial charge is 0.123 e. The van der Waals surface area contributed by atoms with Crippen molar-refractivity contribution in [2.24, 2.45) is 0 Å². The molecular weight excluding hydrogens is 290 g/mol. The molecule has 0 aliphatic rings. The molecule has 5 heteroatoms. The molecule has 0 bridgehead atoms. The van der Waals surface area contributed by atoms with Gasteiger partial charge in [-0.3, -0.25) is 4.68 Å². The molecule has 0 N–H and O–H groups in total. The summed E-state index contributed by atoms with van der Waals surface area (Å²) in [6.07, 6.45) is 2.00. The SMILES string of the molecule is Cc1ccn(Cc2cccc(-c3nc(CCl)cs3)c2)n1. The molecule has 2 aromatic heterocycles. The van der Waals surface area contributed by atoms with Gasteiger partial charge in [0.05, 0.1) is 23.8 Å². The number of thiazole rings is 1. The van der Waals surface area contributed by atoms with Crippen molar-refractivity contribution in [1.82, 2.24) is 14.8 Å². The summed E-state index contributed by atoms with van der Waals surface area (Å²) in [5.74, 6) is 0.461. The maximum atomic E-state index is 5.80. The zero-order chi connectivity index (χ0) is 13.9. The van der Waals surface area contributed by atoms with Gasteiger partial charge in [-0.25, -0.2) is 4.98 Å².